The number of benzene rings is 1. The van der Waals surface area contributed by atoms with E-state index in [1.165, 1.54) is 0 Å². The van der Waals surface area contributed by atoms with Crippen molar-refractivity contribution < 1.29 is 14.4 Å². The molecular weight excluding hydrogens is 320 g/mol. The second-order valence-electron chi connectivity index (χ2n) is 5.33. The number of amides is 2. The zero-order valence-corrected chi connectivity index (χ0v) is 13.2. The van der Waals surface area contributed by atoms with Gasteiger partial charge in [0.15, 0.2) is 0 Å². The molecule has 1 saturated carbocycles. The van der Waals surface area contributed by atoms with Gasteiger partial charge in [-0.2, -0.15) is 4.98 Å². The Bertz CT molecular complexity index is 670. The second-order valence-corrected chi connectivity index (χ2v) is 5.76. The normalized spacial score (nSPS) is 13.8. The number of hydrogen-bond donors (Lipinski definition) is 2. The maximum atomic E-state index is 12.1. The molecule has 1 aromatic carbocycles. The van der Waals surface area contributed by atoms with Crippen LogP contribution in [0.5, 0.6) is 0 Å². The smallest absolute Gasteiger partial charge is 0.318 e. The number of rotatable bonds is 6. The maximum Gasteiger partial charge on any atom is 0.318 e. The molecule has 2 amide bonds. The lowest BCUT2D eigenvalue weighted by atomic mass is 10.2. The van der Waals surface area contributed by atoms with Crippen molar-refractivity contribution in [2.45, 2.75) is 25.4 Å². The average molecular weight is 337 g/mol. The monoisotopic (exact) mass is 336 g/mol. The largest absolute Gasteiger partial charge is 0.395 e. The molecule has 23 heavy (non-hydrogen) atoms. The highest BCUT2D eigenvalue weighted by molar-refractivity contribution is 6.30. The summed E-state index contributed by atoms with van der Waals surface area (Å²) in [4.78, 5) is 18.0. The topological polar surface area (TPSA) is 91.5 Å². The Morgan fingerprint density at radius 1 is 1.39 bits per heavy atom. The molecule has 0 unspecified atom stereocenters. The van der Waals surface area contributed by atoms with Crippen molar-refractivity contribution in [1.82, 2.24) is 20.4 Å². The van der Waals surface area contributed by atoms with E-state index in [4.69, 9.17) is 21.2 Å². The molecule has 0 bridgehead atoms. The molecule has 0 aliphatic heterocycles. The highest BCUT2D eigenvalue weighted by atomic mass is 35.5. The Morgan fingerprint density at radius 3 is 2.78 bits per heavy atom. The number of halogens is 1. The number of nitrogens with zero attached hydrogens (tertiary/aromatic N) is 3. The van der Waals surface area contributed by atoms with Gasteiger partial charge in [-0.25, -0.2) is 4.79 Å². The van der Waals surface area contributed by atoms with Crippen molar-refractivity contribution in [1.29, 1.82) is 0 Å². The van der Waals surface area contributed by atoms with Gasteiger partial charge in [0.05, 0.1) is 13.2 Å². The summed E-state index contributed by atoms with van der Waals surface area (Å²) in [5.74, 6) is 0.767. The van der Waals surface area contributed by atoms with Crippen LogP contribution in [0.2, 0.25) is 5.02 Å². The van der Waals surface area contributed by atoms with E-state index >= 15 is 0 Å². The summed E-state index contributed by atoms with van der Waals surface area (Å²) in [6.07, 6.45) is 1.96. The highest BCUT2D eigenvalue weighted by Gasteiger charge is 2.32. The van der Waals surface area contributed by atoms with Gasteiger partial charge in [-0.05, 0) is 37.1 Å². The number of nitrogens with one attached hydrogen (secondary N) is 1. The first-order valence-electron chi connectivity index (χ1n) is 7.41. The van der Waals surface area contributed by atoms with E-state index in [-0.39, 0.29) is 25.2 Å². The van der Waals surface area contributed by atoms with E-state index in [1.807, 2.05) is 0 Å². The van der Waals surface area contributed by atoms with Crippen molar-refractivity contribution in [2.75, 3.05) is 13.2 Å². The van der Waals surface area contributed by atoms with E-state index in [0.29, 0.717) is 23.3 Å². The molecule has 8 heteroatoms. The van der Waals surface area contributed by atoms with E-state index in [0.717, 1.165) is 18.4 Å². The van der Waals surface area contributed by atoms with E-state index in [2.05, 4.69) is 15.5 Å². The Morgan fingerprint density at radius 2 is 2.13 bits per heavy atom. The van der Waals surface area contributed by atoms with Crippen molar-refractivity contribution in [3.63, 3.8) is 0 Å². The minimum atomic E-state index is -0.229. The van der Waals surface area contributed by atoms with Crippen LogP contribution in [0.25, 0.3) is 11.4 Å². The molecule has 2 N–H and O–H groups in total. The second kappa shape index (κ2) is 6.97. The minimum absolute atomic E-state index is 0.0504. The predicted octanol–water partition coefficient (Wildman–Crippen LogP) is 2.06. The van der Waals surface area contributed by atoms with Gasteiger partial charge in [-0.3, -0.25) is 0 Å². The van der Waals surface area contributed by atoms with Crippen LogP contribution in [-0.2, 0) is 6.54 Å². The number of urea groups is 1. The van der Waals surface area contributed by atoms with Crippen LogP contribution in [0.3, 0.4) is 0 Å². The summed E-state index contributed by atoms with van der Waals surface area (Å²) in [5.41, 5.74) is 0.788. The molecule has 1 aromatic heterocycles. The SMILES string of the molecule is O=C(NCc1nc(-c2ccc(Cl)cc2)no1)N(CCO)C1CC1. The Balaban J connectivity index is 1.58. The van der Waals surface area contributed by atoms with Gasteiger partial charge in [0.2, 0.25) is 11.7 Å². The lowest BCUT2D eigenvalue weighted by Gasteiger charge is -2.21. The Labute approximate surface area is 138 Å². The summed E-state index contributed by atoms with van der Waals surface area (Å²) < 4.78 is 5.14. The van der Waals surface area contributed by atoms with Gasteiger partial charge in [-0.15, -0.1) is 0 Å². The van der Waals surface area contributed by atoms with Gasteiger partial charge >= 0.3 is 6.03 Å². The standard InChI is InChI=1S/C15H17ClN4O3/c16-11-3-1-10(2-4-11)14-18-13(23-19-14)9-17-15(22)20(7-8-21)12-5-6-12/h1-4,12,21H,5-9H2,(H,17,22). The third kappa shape index (κ3) is 4.00. The number of carbonyl (C=O) groups is 1. The summed E-state index contributed by atoms with van der Waals surface area (Å²) in [6, 6.07) is 7.09. The fourth-order valence-electron chi connectivity index (χ4n) is 2.24. The summed E-state index contributed by atoms with van der Waals surface area (Å²) in [5, 5.41) is 16.3. The molecule has 7 nitrogen and oxygen atoms in total. The molecular formula is C15H17ClN4O3. The van der Waals surface area contributed by atoms with E-state index in [1.54, 1.807) is 29.2 Å². The van der Waals surface area contributed by atoms with Crippen LogP contribution in [0.4, 0.5) is 4.79 Å². The first-order chi connectivity index (χ1) is 11.2. The molecule has 122 valence electrons. The first-order valence-corrected chi connectivity index (χ1v) is 7.79. The van der Waals surface area contributed by atoms with Gasteiger partial charge in [-0.1, -0.05) is 16.8 Å². The van der Waals surface area contributed by atoms with Crippen LogP contribution < -0.4 is 5.32 Å². The predicted molar refractivity (Wildman–Crippen MR) is 83.8 cm³/mol. The number of aliphatic hydroxyl groups is 1. The van der Waals surface area contributed by atoms with Crippen molar-refractivity contribution in [2.24, 2.45) is 0 Å². The van der Waals surface area contributed by atoms with E-state index in [9.17, 15) is 4.79 Å². The quantitative estimate of drug-likeness (QED) is 0.842. The highest BCUT2D eigenvalue weighted by Crippen LogP contribution is 2.26. The zero-order valence-electron chi connectivity index (χ0n) is 12.4. The van der Waals surface area contributed by atoms with Crippen LogP contribution >= 0.6 is 11.6 Å². The van der Waals surface area contributed by atoms with Gasteiger partial charge in [0, 0.05) is 23.2 Å². The molecule has 0 atom stereocenters. The molecule has 3 rings (SSSR count). The number of aliphatic hydroxyl groups excluding tert-OH is 1. The van der Waals surface area contributed by atoms with Crippen LogP contribution in [-0.4, -0.2) is 45.4 Å². The summed E-state index contributed by atoms with van der Waals surface area (Å²) in [7, 11) is 0. The third-order valence-corrected chi connectivity index (χ3v) is 3.80. The van der Waals surface area contributed by atoms with Crippen molar-refractivity contribution >= 4 is 17.6 Å². The fraction of sp³-hybridized carbons (Fsp3) is 0.400. The Hall–Kier alpha value is -2.12. The van der Waals surface area contributed by atoms with Crippen LogP contribution in [0, 0.1) is 0 Å². The van der Waals surface area contributed by atoms with Crippen molar-refractivity contribution in [3.05, 3.63) is 35.2 Å². The lowest BCUT2D eigenvalue weighted by Crippen LogP contribution is -2.42. The number of hydrogen-bond acceptors (Lipinski definition) is 5. The van der Waals surface area contributed by atoms with E-state index < -0.39 is 0 Å². The van der Waals surface area contributed by atoms with Crippen LogP contribution in [0.15, 0.2) is 28.8 Å². The van der Waals surface area contributed by atoms with Gasteiger partial charge in [0.1, 0.15) is 0 Å². The molecule has 1 aliphatic rings. The third-order valence-electron chi connectivity index (χ3n) is 3.55. The molecule has 1 aliphatic carbocycles. The average Bonchev–Trinajstić information content (AvgIpc) is 3.28. The maximum absolute atomic E-state index is 12.1. The zero-order chi connectivity index (χ0) is 16.2. The molecule has 0 radical (unpaired) electrons. The molecule has 0 saturated heterocycles. The Kier molecular flexibility index (Phi) is 4.78. The summed E-state index contributed by atoms with van der Waals surface area (Å²) in [6.45, 7) is 0.426. The fourth-order valence-corrected chi connectivity index (χ4v) is 2.37. The van der Waals surface area contributed by atoms with Gasteiger partial charge < -0.3 is 19.8 Å². The first kappa shape index (κ1) is 15.8. The van der Waals surface area contributed by atoms with Crippen LogP contribution in [0.1, 0.15) is 18.7 Å². The van der Waals surface area contributed by atoms with Gasteiger partial charge in [0.25, 0.3) is 0 Å². The minimum Gasteiger partial charge on any atom is -0.395 e. The molecule has 1 heterocycles. The van der Waals surface area contributed by atoms with Crippen molar-refractivity contribution in [3.8, 4) is 11.4 Å². The summed E-state index contributed by atoms with van der Waals surface area (Å²) >= 11 is 5.84. The molecule has 2 aromatic rings. The molecule has 0 spiro atoms. The number of aromatic nitrogens is 2. The number of carbonyl (C=O) groups excluding carboxylic acids is 1. The lowest BCUT2D eigenvalue weighted by molar-refractivity contribution is 0.172. The molecule has 1 fully saturated rings.